The van der Waals surface area contributed by atoms with Gasteiger partial charge in [0.25, 0.3) is 6.43 Å². The molecule has 1 nitrogen and oxygen atoms in total. The fraction of sp³-hybridized carbons (Fsp3) is 0.500. The quantitative estimate of drug-likeness (QED) is 0.441. The standard InChI is InChI=1S/C2H2F2O.FH/c3-2(4)1-5;/h1-2H;1H. The highest BCUT2D eigenvalue weighted by Crippen LogP contribution is 1.80. The van der Waals surface area contributed by atoms with E-state index < -0.39 is 12.7 Å². The molecule has 0 spiro atoms. The van der Waals surface area contributed by atoms with Crippen LogP contribution in [0.2, 0.25) is 0 Å². The Bertz CT molecular complexity index is 35.8. The molecule has 4 heteroatoms. The van der Waals surface area contributed by atoms with E-state index in [2.05, 4.69) is 0 Å². The highest BCUT2D eigenvalue weighted by Gasteiger charge is 1.91. The molecule has 0 fully saturated rings. The molecule has 0 unspecified atom stereocenters. The number of aldehydes is 1. The molecule has 6 heavy (non-hydrogen) atoms. The van der Waals surface area contributed by atoms with Crippen LogP contribution in [0.15, 0.2) is 0 Å². The second-order valence-electron chi connectivity index (χ2n) is 0.471. The van der Waals surface area contributed by atoms with E-state index in [1.165, 1.54) is 0 Å². The molecule has 0 N–H and O–H groups in total. The van der Waals surface area contributed by atoms with Crippen LogP contribution in [0.5, 0.6) is 0 Å². The SMILES string of the molecule is F.O=CC(F)F. The molecule has 0 aliphatic carbocycles. The van der Waals surface area contributed by atoms with Gasteiger partial charge in [0.05, 0.1) is 0 Å². The van der Waals surface area contributed by atoms with Gasteiger partial charge < -0.3 is 0 Å². The fourth-order valence-corrected chi connectivity index (χ4v) is 0. The fourth-order valence-electron chi connectivity index (χ4n) is 0. The zero-order valence-electron chi connectivity index (χ0n) is 2.73. The Balaban J connectivity index is 0. The molecule has 0 bridgehead atoms. The summed E-state index contributed by atoms with van der Waals surface area (Å²) < 4.78 is 20.8. The summed E-state index contributed by atoms with van der Waals surface area (Å²) in [6, 6.07) is 0. The van der Waals surface area contributed by atoms with Gasteiger partial charge in [-0.05, 0) is 0 Å². The van der Waals surface area contributed by atoms with Crippen molar-refractivity contribution in [2.45, 2.75) is 6.43 Å². The molecular formula is C2H3F3O. The van der Waals surface area contributed by atoms with Gasteiger partial charge in [-0.25, -0.2) is 8.78 Å². The number of carbonyl (C=O) groups is 1. The topological polar surface area (TPSA) is 17.1 Å². The van der Waals surface area contributed by atoms with Gasteiger partial charge in [0.1, 0.15) is 0 Å². The normalized spacial score (nSPS) is 7.17. The number of hydrogen-bond donors (Lipinski definition) is 0. The average molecular weight is 100 g/mol. The first kappa shape index (κ1) is 9.07. The number of halogens is 3. The lowest BCUT2D eigenvalue weighted by Crippen LogP contribution is -1.86. The Hall–Kier alpha value is -0.540. The Morgan fingerprint density at radius 3 is 1.67 bits per heavy atom. The molecular weight excluding hydrogens is 97.0 g/mol. The number of alkyl halides is 2. The van der Waals surface area contributed by atoms with Crippen molar-refractivity contribution >= 4 is 6.29 Å². The maximum atomic E-state index is 10.4. The summed E-state index contributed by atoms with van der Waals surface area (Å²) in [6.45, 7) is 0. The highest BCUT2D eigenvalue weighted by atomic mass is 19.3. The molecule has 0 aliphatic heterocycles. The third kappa shape index (κ3) is 9.82. The molecule has 38 valence electrons. The molecule has 0 saturated carbocycles. The van der Waals surface area contributed by atoms with Gasteiger partial charge in [-0.1, -0.05) is 0 Å². The van der Waals surface area contributed by atoms with E-state index in [-0.39, 0.29) is 4.70 Å². The lowest BCUT2D eigenvalue weighted by molar-refractivity contribution is -0.116. The molecule has 0 aromatic rings. The summed E-state index contributed by atoms with van der Waals surface area (Å²) >= 11 is 0. The highest BCUT2D eigenvalue weighted by molar-refractivity contribution is 5.53. The Labute approximate surface area is 32.3 Å². The molecule has 0 aliphatic rings. The Kier molecular flexibility index (Phi) is 6.74. The first-order valence-electron chi connectivity index (χ1n) is 1.01. The van der Waals surface area contributed by atoms with E-state index in [1.54, 1.807) is 0 Å². The second kappa shape index (κ2) is 4.46. The van der Waals surface area contributed by atoms with Crippen molar-refractivity contribution in [2.75, 3.05) is 0 Å². The molecule has 0 saturated heterocycles. The lowest BCUT2D eigenvalue weighted by atomic mass is 10.8. The van der Waals surface area contributed by atoms with E-state index in [0.29, 0.717) is 0 Å². The van der Waals surface area contributed by atoms with Gasteiger partial charge >= 0.3 is 0 Å². The summed E-state index contributed by atoms with van der Waals surface area (Å²) in [5, 5.41) is 0. The van der Waals surface area contributed by atoms with Crippen molar-refractivity contribution in [1.82, 2.24) is 0 Å². The maximum Gasteiger partial charge on any atom is 0.293 e. The molecule has 0 atom stereocenters. The van der Waals surface area contributed by atoms with E-state index in [1.807, 2.05) is 0 Å². The predicted molar refractivity (Wildman–Crippen MR) is 14.6 cm³/mol. The minimum atomic E-state index is -2.80. The van der Waals surface area contributed by atoms with Gasteiger partial charge in [0.2, 0.25) is 0 Å². The van der Waals surface area contributed by atoms with Crippen molar-refractivity contribution < 1.29 is 18.3 Å². The summed E-state index contributed by atoms with van der Waals surface area (Å²) in [6.07, 6.45) is -3.21. The maximum absolute atomic E-state index is 10.4. The van der Waals surface area contributed by atoms with Crippen molar-refractivity contribution in [3.8, 4) is 0 Å². The van der Waals surface area contributed by atoms with Crippen LogP contribution in [0.4, 0.5) is 13.5 Å². The molecule has 0 heterocycles. The summed E-state index contributed by atoms with van der Waals surface area (Å²) in [5.41, 5.74) is 0. The summed E-state index contributed by atoms with van der Waals surface area (Å²) in [5.74, 6) is 0. The zero-order valence-corrected chi connectivity index (χ0v) is 2.73. The molecule has 0 aromatic heterocycles. The third-order valence-electron chi connectivity index (χ3n) is 0.103. The van der Waals surface area contributed by atoms with Crippen LogP contribution in [0.1, 0.15) is 0 Å². The largest absolute Gasteiger partial charge is 0.297 e. The van der Waals surface area contributed by atoms with Crippen molar-refractivity contribution in [3.63, 3.8) is 0 Å². The first-order chi connectivity index (χ1) is 2.27. The number of hydrogen-bond acceptors (Lipinski definition) is 1. The Morgan fingerprint density at radius 2 is 1.67 bits per heavy atom. The summed E-state index contributed by atoms with van der Waals surface area (Å²) in [7, 11) is 0. The zero-order chi connectivity index (χ0) is 4.28. The first-order valence-corrected chi connectivity index (χ1v) is 1.01. The Morgan fingerprint density at radius 1 is 1.50 bits per heavy atom. The number of carbonyl (C=O) groups excluding carboxylic acids is 1. The van der Waals surface area contributed by atoms with Gasteiger partial charge in [-0.15, -0.1) is 0 Å². The minimum absolute atomic E-state index is 0. The molecule has 0 amide bonds. The third-order valence-corrected chi connectivity index (χ3v) is 0.103. The van der Waals surface area contributed by atoms with Crippen LogP contribution in [0.25, 0.3) is 0 Å². The van der Waals surface area contributed by atoms with Crippen LogP contribution in [0.3, 0.4) is 0 Å². The van der Waals surface area contributed by atoms with Gasteiger partial charge in [0, 0.05) is 0 Å². The monoisotopic (exact) mass is 100 g/mol. The lowest BCUT2D eigenvalue weighted by Gasteiger charge is -1.70. The van der Waals surface area contributed by atoms with Crippen molar-refractivity contribution in [1.29, 1.82) is 0 Å². The van der Waals surface area contributed by atoms with E-state index >= 15 is 0 Å². The molecule has 0 rings (SSSR count). The van der Waals surface area contributed by atoms with Crippen molar-refractivity contribution in [2.24, 2.45) is 0 Å². The van der Waals surface area contributed by atoms with Crippen LogP contribution in [-0.4, -0.2) is 12.7 Å². The van der Waals surface area contributed by atoms with E-state index in [4.69, 9.17) is 4.79 Å². The second-order valence-corrected chi connectivity index (χ2v) is 0.471. The number of rotatable bonds is 1. The van der Waals surface area contributed by atoms with Gasteiger partial charge in [-0.2, -0.15) is 0 Å². The van der Waals surface area contributed by atoms with Gasteiger partial charge in [-0.3, -0.25) is 9.50 Å². The van der Waals surface area contributed by atoms with Crippen molar-refractivity contribution in [3.05, 3.63) is 0 Å². The molecule has 0 radical (unpaired) electrons. The van der Waals surface area contributed by atoms with E-state index in [9.17, 15) is 8.78 Å². The average Bonchev–Trinajstić information content (AvgIpc) is 1.38. The summed E-state index contributed by atoms with van der Waals surface area (Å²) in [4.78, 5) is 8.75. The van der Waals surface area contributed by atoms with Gasteiger partial charge in [0.15, 0.2) is 6.29 Å². The minimum Gasteiger partial charge on any atom is -0.297 e. The van der Waals surface area contributed by atoms with Crippen LogP contribution in [0, 0.1) is 0 Å². The predicted octanol–water partition coefficient (Wildman–Crippen LogP) is 0.603. The smallest absolute Gasteiger partial charge is 0.293 e. The van der Waals surface area contributed by atoms with Crippen LogP contribution < -0.4 is 0 Å². The molecule has 0 aromatic carbocycles. The van der Waals surface area contributed by atoms with Crippen LogP contribution in [-0.2, 0) is 4.79 Å². The van der Waals surface area contributed by atoms with E-state index in [0.717, 1.165) is 0 Å². The van der Waals surface area contributed by atoms with Crippen LogP contribution >= 0.6 is 0 Å².